The maximum atomic E-state index is 12.7. The number of aryl methyl sites for hydroxylation is 1. The molecule has 6 heteroatoms. The lowest BCUT2D eigenvalue weighted by Crippen LogP contribution is -2.27. The van der Waals surface area contributed by atoms with E-state index in [4.69, 9.17) is 4.52 Å². The molecule has 0 spiro atoms. The molecule has 0 aliphatic carbocycles. The summed E-state index contributed by atoms with van der Waals surface area (Å²) < 4.78 is 17.5. The van der Waals surface area contributed by atoms with Gasteiger partial charge in [0, 0.05) is 6.54 Å². The monoisotopic (exact) mass is 263 g/mol. The van der Waals surface area contributed by atoms with Crippen LogP contribution < -0.4 is 5.32 Å². The Morgan fingerprint density at radius 1 is 1.37 bits per heavy atom. The number of hydrogen-bond acceptors (Lipinski definition) is 4. The predicted molar refractivity (Wildman–Crippen MR) is 65.9 cm³/mol. The highest BCUT2D eigenvalue weighted by molar-refractivity contribution is 5.77. The average Bonchev–Trinajstić information content (AvgIpc) is 2.77. The van der Waals surface area contributed by atoms with E-state index < -0.39 is 0 Å². The fourth-order valence-corrected chi connectivity index (χ4v) is 1.61. The fraction of sp³-hybridized carbons (Fsp3) is 0.308. The summed E-state index contributed by atoms with van der Waals surface area (Å²) in [6.45, 7) is 2.18. The summed E-state index contributed by atoms with van der Waals surface area (Å²) in [6, 6.07) is 6.20. The third-order valence-corrected chi connectivity index (χ3v) is 2.53. The number of amides is 1. The van der Waals surface area contributed by atoms with Gasteiger partial charge in [-0.1, -0.05) is 17.3 Å². The molecule has 0 bridgehead atoms. The van der Waals surface area contributed by atoms with E-state index in [0.717, 1.165) is 5.56 Å². The lowest BCUT2D eigenvalue weighted by atomic mass is 10.1. The number of rotatable bonds is 5. The molecule has 1 amide bonds. The molecule has 0 atom stereocenters. The first-order valence-electron chi connectivity index (χ1n) is 5.94. The van der Waals surface area contributed by atoms with Gasteiger partial charge in [0.15, 0.2) is 5.82 Å². The van der Waals surface area contributed by atoms with Crippen LogP contribution in [0.3, 0.4) is 0 Å². The summed E-state index contributed by atoms with van der Waals surface area (Å²) in [7, 11) is 0. The second kappa shape index (κ2) is 6.08. The Bertz CT molecular complexity index is 551. The molecule has 0 radical (unpaired) electrons. The summed E-state index contributed by atoms with van der Waals surface area (Å²) in [5, 5.41) is 6.35. The fourth-order valence-electron chi connectivity index (χ4n) is 1.61. The number of benzene rings is 1. The minimum Gasteiger partial charge on any atom is -0.355 e. The van der Waals surface area contributed by atoms with Crippen LogP contribution in [0.2, 0.25) is 0 Å². The van der Waals surface area contributed by atoms with Crippen LogP contribution in [0.4, 0.5) is 4.39 Å². The quantitative estimate of drug-likeness (QED) is 0.885. The third kappa shape index (κ3) is 4.17. The van der Waals surface area contributed by atoms with E-state index in [9.17, 15) is 9.18 Å². The molecule has 0 fully saturated rings. The van der Waals surface area contributed by atoms with Crippen molar-refractivity contribution in [2.24, 2.45) is 0 Å². The molecule has 100 valence electrons. The van der Waals surface area contributed by atoms with Gasteiger partial charge in [0.2, 0.25) is 11.8 Å². The van der Waals surface area contributed by atoms with Crippen LogP contribution in [0.1, 0.15) is 17.3 Å². The Morgan fingerprint density at radius 2 is 2.11 bits per heavy atom. The van der Waals surface area contributed by atoms with Gasteiger partial charge < -0.3 is 9.84 Å². The molecular weight excluding hydrogens is 249 g/mol. The molecule has 2 aromatic rings. The van der Waals surface area contributed by atoms with Gasteiger partial charge in [0.05, 0.1) is 0 Å². The minimum absolute atomic E-state index is 0.0737. The second-order valence-corrected chi connectivity index (χ2v) is 4.14. The van der Waals surface area contributed by atoms with Crippen molar-refractivity contribution in [3.63, 3.8) is 0 Å². The van der Waals surface area contributed by atoms with E-state index in [1.54, 1.807) is 19.1 Å². The van der Waals surface area contributed by atoms with Crippen LogP contribution in [-0.2, 0) is 17.6 Å². The van der Waals surface area contributed by atoms with Crippen LogP contribution in [0.5, 0.6) is 0 Å². The lowest BCUT2D eigenvalue weighted by molar-refractivity contribution is -0.120. The highest BCUT2D eigenvalue weighted by Crippen LogP contribution is 2.03. The van der Waals surface area contributed by atoms with E-state index in [-0.39, 0.29) is 18.1 Å². The number of hydrogen-bond donors (Lipinski definition) is 1. The summed E-state index contributed by atoms with van der Waals surface area (Å²) in [5.41, 5.74) is 0.968. The standard InChI is InChI=1S/C13H14FN3O2/c1-9-16-13(19-17-9)8-12(18)15-7-6-10-2-4-11(14)5-3-10/h2-5H,6-8H2,1H3,(H,15,18). The molecule has 5 nitrogen and oxygen atoms in total. The van der Waals surface area contributed by atoms with Crippen molar-refractivity contribution in [1.29, 1.82) is 0 Å². The smallest absolute Gasteiger partial charge is 0.236 e. The maximum absolute atomic E-state index is 12.7. The van der Waals surface area contributed by atoms with Gasteiger partial charge in [0.25, 0.3) is 0 Å². The summed E-state index contributed by atoms with van der Waals surface area (Å²) in [4.78, 5) is 15.5. The highest BCUT2D eigenvalue weighted by atomic mass is 19.1. The summed E-state index contributed by atoms with van der Waals surface area (Å²) in [6.07, 6.45) is 0.721. The summed E-state index contributed by atoms with van der Waals surface area (Å²) in [5.74, 6) is 0.371. The molecule has 0 aliphatic heterocycles. The topological polar surface area (TPSA) is 68.0 Å². The zero-order valence-electron chi connectivity index (χ0n) is 10.5. The van der Waals surface area contributed by atoms with Crippen molar-refractivity contribution in [1.82, 2.24) is 15.5 Å². The Kier molecular flexibility index (Phi) is 4.22. The molecule has 0 saturated heterocycles. The van der Waals surface area contributed by atoms with Gasteiger partial charge >= 0.3 is 0 Å². The van der Waals surface area contributed by atoms with E-state index in [1.165, 1.54) is 12.1 Å². The SMILES string of the molecule is Cc1noc(CC(=O)NCCc2ccc(F)cc2)n1. The zero-order chi connectivity index (χ0) is 13.7. The number of nitrogens with one attached hydrogen (secondary N) is 1. The minimum atomic E-state index is -0.264. The molecule has 19 heavy (non-hydrogen) atoms. The second-order valence-electron chi connectivity index (χ2n) is 4.14. The van der Waals surface area contributed by atoms with E-state index in [2.05, 4.69) is 15.5 Å². The molecule has 0 unspecified atom stereocenters. The number of carbonyl (C=O) groups is 1. The largest absolute Gasteiger partial charge is 0.355 e. The molecule has 1 heterocycles. The zero-order valence-corrected chi connectivity index (χ0v) is 10.5. The number of nitrogens with zero attached hydrogens (tertiary/aromatic N) is 2. The molecule has 1 aromatic carbocycles. The highest BCUT2D eigenvalue weighted by Gasteiger charge is 2.08. The first kappa shape index (κ1) is 13.2. The average molecular weight is 263 g/mol. The third-order valence-electron chi connectivity index (χ3n) is 2.53. The molecular formula is C13H14FN3O2. The predicted octanol–water partition coefficient (Wildman–Crippen LogP) is 1.42. The van der Waals surface area contributed by atoms with Crippen LogP contribution >= 0.6 is 0 Å². The molecule has 0 saturated carbocycles. The van der Waals surface area contributed by atoms with Crippen LogP contribution in [-0.4, -0.2) is 22.6 Å². The number of carbonyl (C=O) groups excluding carboxylic acids is 1. The summed E-state index contributed by atoms with van der Waals surface area (Å²) >= 11 is 0. The van der Waals surface area contributed by atoms with Crippen molar-refractivity contribution in [3.8, 4) is 0 Å². The van der Waals surface area contributed by atoms with Crippen LogP contribution in [0.25, 0.3) is 0 Å². The Labute approximate surface area is 109 Å². The van der Waals surface area contributed by atoms with Crippen molar-refractivity contribution in [3.05, 3.63) is 47.4 Å². The van der Waals surface area contributed by atoms with Crippen molar-refractivity contribution in [2.75, 3.05) is 6.54 Å². The van der Waals surface area contributed by atoms with Gasteiger partial charge in [-0.15, -0.1) is 0 Å². The Balaban J connectivity index is 1.73. The first-order chi connectivity index (χ1) is 9.13. The Hall–Kier alpha value is -2.24. The number of halogens is 1. The van der Waals surface area contributed by atoms with E-state index >= 15 is 0 Å². The molecule has 1 N–H and O–H groups in total. The van der Waals surface area contributed by atoms with Crippen molar-refractivity contribution >= 4 is 5.91 Å². The maximum Gasteiger partial charge on any atom is 0.236 e. The lowest BCUT2D eigenvalue weighted by Gasteiger charge is -2.03. The van der Waals surface area contributed by atoms with Gasteiger partial charge in [-0.05, 0) is 31.0 Å². The number of aromatic nitrogens is 2. The Morgan fingerprint density at radius 3 is 2.74 bits per heavy atom. The van der Waals surface area contributed by atoms with E-state index in [1.807, 2.05) is 0 Å². The van der Waals surface area contributed by atoms with Gasteiger partial charge in [0.1, 0.15) is 12.2 Å². The molecule has 2 rings (SSSR count). The van der Waals surface area contributed by atoms with E-state index in [0.29, 0.717) is 24.7 Å². The van der Waals surface area contributed by atoms with Gasteiger partial charge in [-0.25, -0.2) is 4.39 Å². The van der Waals surface area contributed by atoms with Gasteiger partial charge in [-0.3, -0.25) is 4.79 Å². The van der Waals surface area contributed by atoms with Crippen molar-refractivity contribution in [2.45, 2.75) is 19.8 Å². The van der Waals surface area contributed by atoms with Crippen LogP contribution in [0, 0.1) is 12.7 Å². The van der Waals surface area contributed by atoms with Gasteiger partial charge in [-0.2, -0.15) is 4.98 Å². The normalized spacial score (nSPS) is 10.4. The van der Waals surface area contributed by atoms with Crippen LogP contribution in [0.15, 0.2) is 28.8 Å². The first-order valence-corrected chi connectivity index (χ1v) is 5.94. The molecule has 1 aromatic heterocycles. The van der Waals surface area contributed by atoms with Crippen molar-refractivity contribution < 1.29 is 13.7 Å². The molecule has 0 aliphatic rings.